The van der Waals surface area contributed by atoms with E-state index in [9.17, 15) is 19.5 Å². The van der Waals surface area contributed by atoms with Gasteiger partial charge in [0.1, 0.15) is 0 Å². The van der Waals surface area contributed by atoms with E-state index in [4.69, 9.17) is 16.3 Å². The van der Waals surface area contributed by atoms with Gasteiger partial charge in [0.05, 0.1) is 23.9 Å². The third kappa shape index (κ3) is 3.02. The molecular formula is C15H16ClN3O5. The van der Waals surface area contributed by atoms with Gasteiger partial charge in [-0.05, 0) is 18.2 Å². The molecule has 1 unspecified atom stereocenters. The minimum Gasteiger partial charge on any atom is -0.480 e. The van der Waals surface area contributed by atoms with Crippen LogP contribution in [-0.2, 0) is 9.53 Å². The molecule has 2 fully saturated rings. The van der Waals surface area contributed by atoms with Crippen LogP contribution in [0.2, 0.25) is 5.02 Å². The molecule has 3 rings (SSSR count). The van der Waals surface area contributed by atoms with E-state index < -0.39 is 17.9 Å². The lowest BCUT2D eigenvalue weighted by molar-refractivity contribution is -0.147. The minimum absolute atomic E-state index is 0.0456. The second kappa shape index (κ2) is 6.66. The molecule has 0 aliphatic carbocycles. The minimum atomic E-state index is -1.11. The third-order valence-electron chi connectivity index (χ3n) is 4.02. The molecule has 0 aromatic heterocycles. The molecule has 0 saturated carbocycles. The standard InChI is InChI=1S/C15H16ClN3O5/c16-10-2-1-9(7-11(10)19-4-3-17-15(19)23)13(20)18-5-6-24-8-12(18)14(21)22/h1-2,7,12H,3-6,8H2,(H,17,23)(H,21,22). The van der Waals surface area contributed by atoms with Gasteiger partial charge in [-0.15, -0.1) is 0 Å². The molecule has 0 spiro atoms. The van der Waals surface area contributed by atoms with Crippen LogP contribution < -0.4 is 10.2 Å². The Labute approximate surface area is 142 Å². The van der Waals surface area contributed by atoms with Gasteiger partial charge < -0.3 is 20.1 Å². The maximum atomic E-state index is 12.7. The predicted octanol–water partition coefficient (Wildman–Crippen LogP) is 0.795. The number of ether oxygens (including phenoxy) is 1. The average molecular weight is 354 g/mol. The van der Waals surface area contributed by atoms with Gasteiger partial charge in [-0.1, -0.05) is 11.6 Å². The Kier molecular flexibility index (Phi) is 4.59. The maximum absolute atomic E-state index is 12.7. The number of hydrogen-bond acceptors (Lipinski definition) is 4. The number of carbonyl (C=O) groups excluding carboxylic acids is 2. The van der Waals surface area contributed by atoms with Gasteiger partial charge in [-0.3, -0.25) is 9.69 Å². The number of hydrogen-bond donors (Lipinski definition) is 2. The molecule has 2 aliphatic heterocycles. The fourth-order valence-electron chi connectivity index (χ4n) is 2.77. The Morgan fingerprint density at radius 1 is 1.33 bits per heavy atom. The molecular weight excluding hydrogens is 338 g/mol. The molecule has 3 amide bonds. The zero-order chi connectivity index (χ0) is 17.3. The van der Waals surface area contributed by atoms with Crippen LogP contribution in [0.3, 0.4) is 0 Å². The number of carbonyl (C=O) groups is 3. The number of carboxylic acids is 1. The van der Waals surface area contributed by atoms with E-state index in [1.807, 2.05) is 0 Å². The van der Waals surface area contributed by atoms with Crippen molar-refractivity contribution in [3.05, 3.63) is 28.8 Å². The Balaban J connectivity index is 1.90. The highest BCUT2D eigenvalue weighted by molar-refractivity contribution is 6.34. The molecule has 128 valence electrons. The van der Waals surface area contributed by atoms with Crippen molar-refractivity contribution in [3.63, 3.8) is 0 Å². The summed E-state index contributed by atoms with van der Waals surface area (Å²) in [6.07, 6.45) is 0. The van der Waals surface area contributed by atoms with Crippen LogP contribution in [-0.4, -0.2) is 66.8 Å². The smallest absolute Gasteiger partial charge is 0.328 e. The summed E-state index contributed by atoms with van der Waals surface area (Å²) in [5.74, 6) is -1.54. The first-order chi connectivity index (χ1) is 11.5. The number of morpholine rings is 1. The number of benzene rings is 1. The SMILES string of the molecule is O=C(O)C1COCCN1C(=O)c1ccc(Cl)c(N2CCNC2=O)c1. The summed E-state index contributed by atoms with van der Waals surface area (Å²) in [5, 5.41) is 12.3. The molecule has 0 radical (unpaired) electrons. The first-order valence-corrected chi connectivity index (χ1v) is 7.83. The van der Waals surface area contributed by atoms with Crippen LogP contribution in [0.15, 0.2) is 18.2 Å². The van der Waals surface area contributed by atoms with Crippen molar-refractivity contribution in [1.29, 1.82) is 0 Å². The molecule has 2 N–H and O–H groups in total. The van der Waals surface area contributed by atoms with E-state index in [1.54, 1.807) is 0 Å². The highest BCUT2D eigenvalue weighted by atomic mass is 35.5. The molecule has 2 aliphatic rings. The molecule has 2 heterocycles. The van der Waals surface area contributed by atoms with Gasteiger partial charge in [0, 0.05) is 25.2 Å². The van der Waals surface area contributed by atoms with Crippen molar-refractivity contribution in [2.45, 2.75) is 6.04 Å². The zero-order valence-corrected chi connectivity index (χ0v) is 13.5. The summed E-state index contributed by atoms with van der Waals surface area (Å²) < 4.78 is 5.14. The predicted molar refractivity (Wildman–Crippen MR) is 85.5 cm³/mol. The maximum Gasteiger partial charge on any atom is 0.328 e. The lowest BCUT2D eigenvalue weighted by Gasteiger charge is -2.33. The van der Waals surface area contributed by atoms with Crippen molar-refractivity contribution in [1.82, 2.24) is 10.2 Å². The topological polar surface area (TPSA) is 99.2 Å². The van der Waals surface area contributed by atoms with Crippen LogP contribution in [0.4, 0.5) is 10.5 Å². The fourth-order valence-corrected chi connectivity index (χ4v) is 2.99. The molecule has 0 bridgehead atoms. The number of amides is 3. The van der Waals surface area contributed by atoms with Gasteiger partial charge >= 0.3 is 12.0 Å². The van der Waals surface area contributed by atoms with Gasteiger partial charge in [0.2, 0.25) is 0 Å². The van der Waals surface area contributed by atoms with Gasteiger partial charge in [-0.25, -0.2) is 9.59 Å². The highest BCUT2D eigenvalue weighted by Crippen LogP contribution is 2.29. The van der Waals surface area contributed by atoms with Crippen molar-refractivity contribution in [2.75, 3.05) is 37.7 Å². The van der Waals surface area contributed by atoms with Gasteiger partial charge in [0.15, 0.2) is 6.04 Å². The summed E-state index contributed by atoms with van der Waals surface area (Å²) in [6, 6.07) is 3.27. The number of rotatable bonds is 3. The fraction of sp³-hybridized carbons (Fsp3) is 0.400. The van der Waals surface area contributed by atoms with E-state index in [2.05, 4.69) is 5.32 Å². The van der Waals surface area contributed by atoms with E-state index in [-0.39, 0.29) is 31.4 Å². The van der Waals surface area contributed by atoms with Crippen molar-refractivity contribution in [3.8, 4) is 0 Å². The molecule has 8 nitrogen and oxygen atoms in total. The van der Waals surface area contributed by atoms with E-state index in [0.29, 0.717) is 23.8 Å². The van der Waals surface area contributed by atoms with Crippen LogP contribution in [0.1, 0.15) is 10.4 Å². The number of carboxylic acid groups (broad SMARTS) is 1. The summed E-state index contributed by atoms with van der Waals surface area (Å²) in [7, 11) is 0. The van der Waals surface area contributed by atoms with Crippen LogP contribution in [0.5, 0.6) is 0 Å². The number of halogens is 1. The number of aliphatic carboxylic acids is 1. The normalized spacial score (nSPS) is 20.9. The molecule has 24 heavy (non-hydrogen) atoms. The molecule has 9 heteroatoms. The van der Waals surface area contributed by atoms with Crippen molar-refractivity contribution < 1.29 is 24.2 Å². The van der Waals surface area contributed by atoms with E-state index >= 15 is 0 Å². The van der Waals surface area contributed by atoms with Crippen molar-refractivity contribution >= 4 is 35.2 Å². The second-order valence-corrected chi connectivity index (χ2v) is 5.88. The van der Waals surface area contributed by atoms with Crippen molar-refractivity contribution in [2.24, 2.45) is 0 Å². The zero-order valence-electron chi connectivity index (χ0n) is 12.7. The number of anilines is 1. The van der Waals surface area contributed by atoms with Crippen LogP contribution in [0, 0.1) is 0 Å². The molecule has 1 aromatic carbocycles. The lowest BCUT2D eigenvalue weighted by atomic mass is 10.1. The number of nitrogens with zero attached hydrogens (tertiary/aromatic N) is 2. The molecule has 1 aromatic rings. The Bertz CT molecular complexity index is 696. The summed E-state index contributed by atoms with van der Waals surface area (Å²) in [4.78, 5) is 38.6. The van der Waals surface area contributed by atoms with E-state index in [0.717, 1.165) is 0 Å². The summed E-state index contributed by atoms with van der Waals surface area (Å²) >= 11 is 6.15. The highest BCUT2D eigenvalue weighted by Gasteiger charge is 2.34. The Hall–Kier alpha value is -2.32. The van der Waals surface area contributed by atoms with Gasteiger partial charge in [-0.2, -0.15) is 0 Å². The Morgan fingerprint density at radius 3 is 2.79 bits per heavy atom. The average Bonchev–Trinajstić information content (AvgIpc) is 3.00. The first kappa shape index (κ1) is 16.5. The third-order valence-corrected chi connectivity index (χ3v) is 4.33. The first-order valence-electron chi connectivity index (χ1n) is 7.45. The quantitative estimate of drug-likeness (QED) is 0.837. The van der Waals surface area contributed by atoms with Gasteiger partial charge in [0.25, 0.3) is 5.91 Å². The Morgan fingerprint density at radius 2 is 2.12 bits per heavy atom. The largest absolute Gasteiger partial charge is 0.480 e. The number of urea groups is 1. The molecule has 1 atom stereocenters. The molecule has 2 saturated heterocycles. The summed E-state index contributed by atoms with van der Waals surface area (Å²) in [5.41, 5.74) is 0.708. The second-order valence-electron chi connectivity index (χ2n) is 5.48. The van der Waals surface area contributed by atoms with Crippen LogP contribution >= 0.6 is 11.6 Å². The van der Waals surface area contributed by atoms with Crippen LogP contribution in [0.25, 0.3) is 0 Å². The monoisotopic (exact) mass is 353 g/mol. The van der Waals surface area contributed by atoms with E-state index in [1.165, 1.54) is 28.0 Å². The number of nitrogens with one attached hydrogen (secondary N) is 1. The summed E-state index contributed by atoms with van der Waals surface area (Å²) in [6.45, 7) is 1.38. The lowest BCUT2D eigenvalue weighted by Crippen LogP contribution is -2.52.